The highest BCUT2D eigenvalue weighted by Gasteiger charge is 2.01. The molecule has 5 nitrogen and oxygen atoms in total. The lowest BCUT2D eigenvalue weighted by atomic mass is 10.3. The zero-order chi connectivity index (χ0) is 11.6. The average molecular weight is 224 g/mol. The van der Waals surface area contributed by atoms with Crippen molar-refractivity contribution in [2.45, 2.75) is 13.5 Å². The van der Waals surface area contributed by atoms with Crippen LogP contribution in [0.3, 0.4) is 0 Å². The van der Waals surface area contributed by atoms with Gasteiger partial charge in [-0.15, -0.1) is 0 Å². The summed E-state index contributed by atoms with van der Waals surface area (Å²) in [6.45, 7) is 3.63. The summed E-state index contributed by atoms with van der Waals surface area (Å²) < 4.78 is 9.90. The van der Waals surface area contributed by atoms with Crippen molar-refractivity contribution in [1.82, 2.24) is 10.3 Å². The van der Waals surface area contributed by atoms with Crippen LogP contribution in [0.1, 0.15) is 12.5 Å². The van der Waals surface area contributed by atoms with Gasteiger partial charge in [0, 0.05) is 25.5 Å². The van der Waals surface area contributed by atoms with Gasteiger partial charge in [-0.1, -0.05) is 6.07 Å². The molecule has 0 atom stereocenters. The molecular formula is C11H16N2O3. The summed E-state index contributed by atoms with van der Waals surface area (Å²) in [5.74, 6) is 0. The minimum atomic E-state index is -0.441. The number of carbonyl (C=O) groups excluding carboxylic acids is 1. The second-order valence-corrected chi connectivity index (χ2v) is 3.05. The third-order valence-corrected chi connectivity index (χ3v) is 1.82. The fraction of sp³-hybridized carbons (Fsp3) is 0.455. The van der Waals surface area contributed by atoms with Crippen molar-refractivity contribution in [1.29, 1.82) is 0 Å². The second-order valence-electron chi connectivity index (χ2n) is 3.05. The van der Waals surface area contributed by atoms with Crippen LogP contribution < -0.4 is 5.32 Å². The van der Waals surface area contributed by atoms with E-state index in [0.717, 1.165) is 5.56 Å². The highest BCUT2D eigenvalue weighted by atomic mass is 16.6. The van der Waals surface area contributed by atoms with E-state index in [2.05, 4.69) is 10.3 Å². The first kappa shape index (κ1) is 12.4. The van der Waals surface area contributed by atoms with Crippen LogP contribution in [0, 0.1) is 0 Å². The van der Waals surface area contributed by atoms with E-state index in [1.54, 1.807) is 12.4 Å². The van der Waals surface area contributed by atoms with Crippen molar-refractivity contribution in [3.8, 4) is 0 Å². The molecule has 0 bridgehead atoms. The number of rotatable bonds is 6. The Kier molecular flexibility index (Phi) is 5.95. The molecule has 1 amide bonds. The molecule has 5 heteroatoms. The standard InChI is InChI=1S/C11H16N2O3/c1-2-15-6-7-16-11(14)13-9-10-4-3-5-12-8-10/h3-5,8H,2,6-7,9H2,1H3,(H,13,14). The minimum absolute atomic E-state index is 0.271. The lowest BCUT2D eigenvalue weighted by Crippen LogP contribution is -2.25. The quantitative estimate of drug-likeness (QED) is 0.741. The molecule has 0 unspecified atom stereocenters. The highest BCUT2D eigenvalue weighted by molar-refractivity contribution is 5.67. The average Bonchev–Trinajstić information content (AvgIpc) is 2.33. The van der Waals surface area contributed by atoms with Gasteiger partial charge in [-0.25, -0.2) is 4.79 Å². The molecule has 0 aromatic carbocycles. The van der Waals surface area contributed by atoms with Gasteiger partial charge < -0.3 is 14.8 Å². The maximum Gasteiger partial charge on any atom is 0.407 e. The molecule has 1 heterocycles. The molecule has 0 fully saturated rings. The third-order valence-electron chi connectivity index (χ3n) is 1.82. The molecule has 0 saturated carbocycles. The van der Waals surface area contributed by atoms with Crippen LogP contribution in [0.2, 0.25) is 0 Å². The fourth-order valence-corrected chi connectivity index (χ4v) is 1.07. The summed E-state index contributed by atoms with van der Waals surface area (Å²) in [7, 11) is 0. The Bertz CT molecular complexity index is 303. The van der Waals surface area contributed by atoms with E-state index in [1.807, 2.05) is 19.1 Å². The summed E-state index contributed by atoms with van der Waals surface area (Å²) in [4.78, 5) is 15.1. The first-order valence-corrected chi connectivity index (χ1v) is 5.20. The number of amides is 1. The monoisotopic (exact) mass is 224 g/mol. The smallest absolute Gasteiger partial charge is 0.407 e. The lowest BCUT2D eigenvalue weighted by molar-refractivity contribution is 0.0786. The normalized spacial score (nSPS) is 9.81. The van der Waals surface area contributed by atoms with Gasteiger partial charge in [0.15, 0.2) is 0 Å². The largest absolute Gasteiger partial charge is 0.447 e. The molecule has 0 saturated heterocycles. The van der Waals surface area contributed by atoms with Crippen LogP contribution in [-0.2, 0) is 16.0 Å². The van der Waals surface area contributed by atoms with Crippen molar-refractivity contribution < 1.29 is 14.3 Å². The first-order valence-electron chi connectivity index (χ1n) is 5.20. The number of alkyl carbamates (subject to hydrolysis) is 1. The number of carbonyl (C=O) groups is 1. The van der Waals surface area contributed by atoms with E-state index in [4.69, 9.17) is 9.47 Å². The van der Waals surface area contributed by atoms with Crippen LogP contribution in [0.5, 0.6) is 0 Å². The molecule has 0 aliphatic carbocycles. The zero-order valence-corrected chi connectivity index (χ0v) is 9.31. The van der Waals surface area contributed by atoms with E-state index in [1.165, 1.54) is 0 Å². The Morgan fingerprint density at radius 3 is 3.06 bits per heavy atom. The molecule has 0 aliphatic rings. The Morgan fingerprint density at radius 2 is 2.38 bits per heavy atom. The highest BCUT2D eigenvalue weighted by Crippen LogP contribution is 1.94. The van der Waals surface area contributed by atoms with E-state index < -0.39 is 6.09 Å². The molecule has 1 N–H and O–H groups in total. The molecule has 1 rings (SSSR count). The molecule has 0 aliphatic heterocycles. The number of pyridine rings is 1. The van der Waals surface area contributed by atoms with Crippen molar-refractivity contribution in [2.24, 2.45) is 0 Å². The Balaban J connectivity index is 2.11. The third kappa shape index (κ3) is 5.31. The number of hydrogen-bond acceptors (Lipinski definition) is 4. The zero-order valence-electron chi connectivity index (χ0n) is 9.31. The molecule has 1 aromatic heterocycles. The Morgan fingerprint density at radius 1 is 1.50 bits per heavy atom. The van der Waals surface area contributed by atoms with Gasteiger partial charge in [0.25, 0.3) is 0 Å². The van der Waals surface area contributed by atoms with Crippen LogP contribution >= 0.6 is 0 Å². The molecule has 16 heavy (non-hydrogen) atoms. The predicted molar refractivity (Wildman–Crippen MR) is 58.9 cm³/mol. The molecule has 1 aromatic rings. The Labute approximate surface area is 94.8 Å². The number of hydrogen-bond donors (Lipinski definition) is 1. The van der Waals surface area contributed by atoms with E-state index in [-0.39, 0.29) is 6.61 Å². The predicted octanol–water partition coefficient (Wildman–Crippen LogP) is 1.34. The molecule has 0 spiro atoms. The van der Waals surface area contributed by atoms with Gasteiger partial charge >= 0.3 is 6.09 Å². The summed E-state index contributed by atoms with van der Waals surface area (Å²) in [5, 5.41) is 2.62. The van der Waals surface area contributed by atoms with Crippen LogP contribution in [-0.4, -0.2) is 30.9 Å². The maximum atomic E-state index is 11.2. The van der Waals surface area contributed by atoms with E-state index in [9.17, 15) is 4.79 Å². The maximum absolute atomic E-state index is 11.2. The van der Waals surface area contributed by atoms with Crippen LogP contribution in [0.4, 0.5) is 4.79 Å². The number of ether oxygens (including phenoxy) is 2. The lowest BCUT2D eigenvalue weighted by Gasteiger charge is -2.06. The molecule has 88 valence electrons. The van der Waals surface area contributed by atoms with Crippen molar-refractivity contribution >= 4 is 6.09 Å². The molecular weight excluding hydrogens is 208 g/mol. The van der Waals surface area contributed by atoms with Crippen molar-refractivity contribution in [2.75, 3.05) is 19.8 Å². The van der Waals surface area contributed by atoms with Gasteiger partial charge in [-0.2, -0.15) is 0 Å². The summed E-state index contributed by atoms with van der Waals surface area (Å²) in [6.07, 6.45) is 2.94. The SMILES string of the molecule is CCOCCOC(=O)NCc1cccnc1. The summed E-state index contributed by atoms with van der Waals surface area (Å²) in [5.41, 5.74) is 0.934. The van der Waals surface area contributed by atoms with Gasteiger partial charge in [0.2, 0.25) is 0 Å². The topological polar surface area (TPSA) is 60.5 Å². The van der Waals surface area contributed by atoms with Crippen molar-refractivity contribution in [3.05, 3.63) is 30.1 Å². The van der Waals surface area contributed by atoms with E-state index in [0.29, 0.717) is 19.8 Å². The fourth-order valence-electron chi connectivity index (χ4n) is 1.07. The van der Waals surface area contributed by atoms with Gasteiger partial charge in [0.05, 0.1) is 6.61 Å². The second kappa shape index (κ2) is 7.64. The van der Waals surface area contributed by atoms with Crippen molar-refractivity contribution in [3.63, 3.8) is 0 Å². The number of nitrogens with zero attached hydrogens (tertiary/aromatic N) is 1. The van der Waals surface area contributed by atoms with Gasteiger partial charge in [0.1, 0.15) is 6.61 Å². The molecule has 0 radical (unpaired) electrons. The van der Waals surface area contributed by atoms with Gasteiger partial charge in [-0.3, -0.25) is 4.98 Å². The minimum Gasteiger partial charge on any atom is -0.447 e. The van der Waals surface area contributed by atoms with Gasteiger partial charge in [-0.05, 0) is 18.6 Å². The Hall–Kier alpha value is -1.62. The van der Waals surface area contributed by atoms with Crippen LogP contribution in [0.25, 0.3) is 0 Å². The first-order chi connectivity index (χ1) is 7.83. The van der Waals surface area contributed by atoms with E-state index >= 15 is 0 Å². The number of nitrogens with one attached hydrogen (secondary N) is 1. The summed E-state index contributed by atoms with van der Waals surface area (Å²) in [6, 6.07) is 3.70. The number of aromatic nitrogens is 1. The van der Waals surface area contributed by atoms with Crippen LogP contribution in [0.15, 0.2) is 24.5 Å². The summed E-state index contributed by atoms with van der Waals surface area (Å²) >= 11 is 0.